The molecule has 4 nitrogen and oxygen atoms in total. The largest absolute Gasteiger partial charge is 0.480 e. The normalized spacial score (nSPS) is 22.4. The number of nitrogens with zero attached hydrogens (tertiary/aromatic N) is 1. The number of aliphatic carboxylic acids is 1. The maximum Gasteiger partial charge on any atom is 0.326 e. The lowest BCUT2D eigenvalue weighted by molar-refractivity contribution is -0.141. The standard InChI is InChI=1S/C15H19NO3S/c17-14(16-8-4-6-11(16)15(18)19)13-9-10-5-2-1-3-7-12(10)20-13/h9,11H,1-8H2,(H,18,19)/t11-/m1/s1. The molecule has 1 aromatic rings. The van der Waals surface area contributed by atoms with Crippen LogP contribution in [0.2, 0.25) is 0 Å². The van der Waals surface area contributed by atoms with Crippen LogP contribution in [0.15, 0.2) is 6.07 Å². The molecule has 3 rings (SSSR count). The SMILES string of the molecule is O=C(O)[C@H]1CCCN1C(=O)c1cc2c(s1)CCCCC2. The van der Waals surface area contributed by atoms with Crippen molar-refractivity contribution in [1.29, 1.82) is 0 Å². The molecule has 1 atom stereocenters. The van der Waals surface area contributed by atoms with Gasteiger partial charge in [-0.2, -0.15) is 0 Å². The summed E-state index contributed by atoms with van der Waals surface area (Å²) in [7, 11) is 0. The maximum absolute atomic E-state index is 12.5. The zero-order valence-electron chi connectivity index (χ0n) is 11.4. The lowest BCUT2D eigenvalue weighted by Gasteiger charge is -2.20. The highest BCUT2D eigenvalue weighted by Crippen LogP contribution is 2.31. The Morgan fingerprint density at radius 2 is 2.00 bits per heavy atom. The van der Waals surface area contributed by atoms with Crippen molar-refractivity contribution in [1.82, 2.24) is 4.90 Å². The number of thiophene rings is 1. The summed E-state index contributed by atoms with van der Waals surface area (Å²) in [5, 5.41) is 9.19. The van der Waals surface area contributed by atoms with Crippen molar-refractivity contribution < 1.29 is 14.7 Å². The van der Waals surface area contributed by atoms with Gasteiger partial charge in [-0.05, 0) is 50.2 Å². The lowest BCUT2D eigenvalue weighted by Crippen LogP contribution is -2.40. The third-order valence-electron chi connectivity index (χ3n) is 4.26. The fourth-order valence-corrected chi connectivity index (χ4v) is 4.39. The van der Waals surface area contributed by atoms with Crippen molar-refractivity contribution in [2.45, 2.75) is 51.0 Å². The quantitative estimate of drug-likeness (QED) is 0.853. The van der Waals surface area contributed by atoms with Crippen LogP contribution in [-0.2, 0) is 17.6 Å². The van der Waals surface area contributed by atoms with Crippen molar-refractivity contribution in [2.24, 2.45) is 0 Å². The minimum atomic E-state index is -0.881. The van der Waals surface area contributed by atoms with E-state index < -0.39 is 12.0 Å². The van der Waals surface area contributed by atoms with E-state index >= 15 is 0 Å². The van der Waals surface area contributed by atoms with Gasteiger partial charge >= 0.3 is 5.97 Å². The summed E-state index contributed by atoms with van der Waals surface area (Å²) in [6.07, 6.45) is 7.14. The number of hydrogen-bond acceptors (Lipinski definition) is 3. The number of aryl methyl sites for hydroxylation is 2. The average molecular weight is 293 g/mol. The second kappa shape index (κ2) is 5.56. The summed E-state index contributed by atoms with van der Waals surface area (Å²) in [6.45, 7) is 0.568. The van der Waals surface area contributed by atoms with Crippen LogP contribution >= 0.6 is 11.3 Å². The highest BCUT2D eigenvalue weighted by molar-refractivity contribution is 7.14. The number of carbonyl (C=O) groups excluding carboxylic acids is 1. The molecule has 20 heavy (non-hydrogen) atoms. The van der Waals surface area contributed by atoms with E-state index in [-0.39, 0.29) is 5.91 Å². The number of hydrogen-bond donors (Lipinski definition) is 1. The minimum Gasteiger partial charge on any atom is -0.480 e. The maximum atomic E-state index is 12.5. The first-order valence-electron chi connectivity index (χ1n) is 7.32. The Morgan fingerprint density at radius 3 is 2.80 bits per heavy atom. The molecule has 1 fully saturated rings. The van der Waals surface area contributed by atoms with Gasteiger partial charge in [0.25, 0.3) is 5.91 Å². The van der Waals surface area contributed by atoms with Gasteiger partial charge in [0, 0.05) is 11.4 Å². The molecule has 0 saturated carbocycles. The summed E-state index contributed by atoms with van der Waals surface area (Å²) < 4.78 is 0. The topological polar surface area (TPSA) is 57.6 Å². The molecular formula is C15H19NO3S. The van der Waals surface area contributed by atoms with E-state index in [2.05, 4.69) is 0 Å². The Labute approximate surface area is 122 Å². The van der Waals surface area contributed by atoms with E-state index in [0.29, 0.717) is 13.0 Å². The monoisotopic (exact) mass is 293 g/mol. The molecule has 1 N–H and O–H groups in total. The Bertz CT molecular complexity index is 514. The summed E-state index contributed by atoms with van der Waals surface area (Å²) in [5.41, 5.74) is 1.31. The smallest absolute Gasteiger partial charge is 0.326 e. The number of carbonyl (C=O) groups is 2. The van der Waals surface area contributed by atoms with Gasteiger partial charge in [-0.1, -0.05) is 6.42 Å². The van der Waals surface area contributed by atoms with E-state index in [4.69, 9.17) is 0 Å². The molecule has 1 aromatic heterocycles. The van der Waals surface area contributed by atoms with Gasteiger partial charge < -0.3 is 10.0 Å². The molecule has 2 heterocycles. The van der Waals surface area contributed by atoms with Crippen molar-refractivity contribution in [3.63, 3.8) is 0 Å². The summed E-state index contributed by atoms with van der Waals surface area (Å²) in [5.74, 6) is -0.970. The molecular weight excluding hydrogens is 274 g/mol. The number of fused-ring (bicyclic) bond motifs is 1. The van der Waals surface area contributed by atoms with E-state index in [1.165, 1.54) is 34.6 Å². The third kappa shape index (κ3) is 2.46. The van der Waals surface area contributed by atoms with Crippen LogP contribution in [0.1, 0.15) is 52.2 Å². The van der Waals surface area contributed by atoms with Crippen molar-refractivity contribution in [2.75, 3.05) is 6.54 Å². The first kappa shape index (κ1) is 13.6. The van der Waals surface area contributed by atoms with Crippen LogP contribution in [0.5, 0.6) is 0 Å². The first-order valence-corrected chi connectivity index (χ1v) is 8.14. The predicted octanol–water partition coefficient (Wildman–Crippen LogP) is 2.71. The van der Waals surface area contributed by atoms with Gasteiger partial charge in [0.1, 0.15) is 6.04 Å². The zero-order chi connectivity index (χ0) is 14.1. The molecule has 0 radical (unpaired) electrons. The molecule has 0 bridgehead atoms. The van der Waals surface area contributed by atoms with Crippen molar-refractivity contribution >= 4 is 23.2 Å². The van der Waals surface area contributed by atoms with Crippen LogP contribution in [0.25, 0.3) is 0 Å². The molecule has 0 spiro atoms. The van der Waals surface area contributed by atoms with Gasteiger partial charge in [-0.3, -0.25) is 4.79 Å². The van der Waals surface area contributed by atoms with Gasteiger partial charge in [0.05, 0.1) is 4.88 Å². The van der Waals surface area contributed by atoms with Crippen LogP contribution < -0.4 is 0 Å². The molecule has 1 aliphatic carbocycles. The van der Waals surface area contributed by atoms with E-state index in [1.54, 1.807) is 11.3 Å². The van der Waals surface area contributed by atoms with E-state index in [9.17, 15) is 14.7 Å². The summed E-state index contributed by atoms with van der Waals surface area (Å²) in [4.78, 5) is 27.3. The molecule has 0 aromatic carbocycles. The molecule has 2 aliphatic rings. The molecule has 1 saturated heterocycles. The van der Waals surface area contributed by atoms with Gasteiger partial charge in [-0.15, -0.1) is 11.3 Å². The lowest BCUT2D eigenvalue weighted by atomic mass is 10.1. The molecule has 1 amide bonds. The minimum absolute atomic E-state index is 0.0898. The highest BCUT2D eigenvalue weighted by Gasteiger charge is 2.35. The Balaban J connectivity index is 1.82. The van der Waals surface area contributed by atoms with E-state index in [0.717, 1.165) is 24.1 Å². The van der Waals surface area contributed by atoms with Gasteiger partial charge in [-0.25, -0.2) is 4.79 Å². The predicted molar refractivity (Wildman–Crippen MR) is 77.3 cm³/mol. The van der Waals surface area contributed by atoms with Crippen LogP contribution in [0, 0.1) is 0 Å². The van der Waals surface area contributed by atoms with E-state index in [1.807, 2.05) is 6.07 Å². The third-order valence-corrected chi connectivity index (χ3v) is 5.48. The second-order valence-electron chi connectivity index (χ2n) is 5.61. The molecule has 108 valence electrons. The van der Waals surface area contributed by atoms with Crippen molar-refractivity contribution in [3.8, 4) is 0 Å². The zero-order valence-corrected chi connectivity index (χ0v) is 12.2. The summed E-state index contributed by atoms with van der Waals surface area (Å²) >= 11 is 1.57. The van der Waals surface area contributed by atoms with Gasteiger partial charge in [0.2, 0.25) is 0 Å². The van der Waals surface area contributed by atoms with Crippen LogP contribution in [-0.4, -0.2) is 34.5 Å². The Morgan fingerprint density at radius 1 is 1.20 bits per heavy atom. The number of amides is 1. The second-order valence-corrected chi connectivity index (χ2v) is 6.75. The van der Waals surface area contributed by atoms with Crippen LogP contribution in [0.3, 0.4) is 0 Å². The molecule has 0 unspecified atom stereocenters. The Hall–Kier alpha value is -1.36. The number of carboxylic acid groups (broad SMARTS) is 1. The molecule has 5 heteroatoms. The Kier molecular flexibility index (Phi) is 3.78. The number of rotatable bonds is 2. The average Bonchev–Trinajstić information content (AvgIpc) is 3.01. The molecule has 1 aliphatic heterocycles. The van der Waals surface area contributed by atoms with Crippen LogP contribution in [0.4, 0.5) is 0 Å². The number of likely N-dealkylation sites (tertiary alicyclic amines) is 1. The fourth-order valence-electron chi connectivity index (χ4n) is 3.18. The number of carboxylic acids is 1. The van der Waals surface area contributed by atoms with Gasteiger partial charge in [0.15, 0.2) is 0 Å². The first-order chi connectivity index (χ1) is 9.66. The summed E-state index contributed by atoms with van der Waals surface area (Å²) in [6, 6.07) is 1.37. The fraction of sp³-hybridized carbons (Fsp3) is 0.600. The highest BCUT2D eigenvalue weighted by atomic mass is 32.1. The van der Waals surface area contributed by atoms with Crippen molar-refractivity contribution in [3.05, 3.63) is 21.4 Å².